The Morgan fingerprint density at radius 1 is 1.29 bits per heavy atom. The first kappa shape index (κ1) is 20.4. The summed E-state index contributed by atoms with van der Waals surface area (Å²) in [4.78, 5) is 16.3. The summed E-state index contributed by atoms with van der Waals surface area (Å²) in [6.45, 7) is 3.24. The predicted molar refractivity (Wildman–Crippen MR) is 108 cm³/mol. The van der Waals surface area contributed by atoms with Gasteiger partial charge in [0.25, 0.3) is 0 Å². The molecule has 1 amide bonds. The number of nitrogens with zero attached hydrogens (tertiary/aromatic N) is 1. The summed E-state index contributed by atoms with van der Waals surface area (Å²) in [7, 11) is 0. The predicted octanol–water partition coefficient (Wildman–Crippen LogP) is 3.20. The van der Waals surface area contributed by atoms with Crippen molar-refractivity contribution in [3.05, 3.63) is 52.5 Å². The van der Waals surface area contributed by atoms with Crippen LogP contribution in [0.15, 0.2) is 46.1 Å². The number of aliphatic imine (C=N–C) groups is 1. The van der Waals surface area contributed by atoms with Crippen molar-refractivity contribution < 1.29 is 9.18 Å². The van der Waals surface area contributed by atoms with E-state index in [1.807, 2.05) is 23.8 Å². The molecule has 1 heterocycles. The van der Waals surface area contributed by atoms with E-state index in [-0.39, 0.29) is 42.2 Å². The monoisotopic (exact) mass is 462 g/mol. The number of halogens is 2. The summed E-state index contributed by atoms with van der Waals surface area (Å²) in [5, 5.41) is 12.7. The van der Waals surface area contributed by atoms with E-state index in [2.05, 4.69) is 20.9 Å². The highest BCUT2D eigenvalue weighted by Gasteiger charge is 2.05. The Hall–Kier alpha value is -1.68. The molecule has 0 fully saturated rings. The Morgan fingerprint density at radius 3 is 2.79 bits per heavy atom. The molecule has 1 aromatic carbocycles. The highest BCUT2D eigenvalue weighted by molar-refractivity contribution is 14.0. The fraction of sp³-hybridized carbons (Fsp3) is 0.250. The lowest BCUT2D eigenvalue weighted by molar-refractivity contribution is -0.115. The number of hydrogen-bond acceptors (Lipinski definition) is 3. The van der Waals surface area contributed by atoms with Gasteiger partial charge in [-0.25, -0.2) is 9.38 Å². The maximum absolute atomic E-state index is 13.1. The van der Waals surface area contributed by atoms with Gasteiger partial charge in [0, 0.05) is 12.2 Å². The molecule has 0 aliphatic heterocycles. The number of carbonyl (C=O) groups is 1. The van der Waals surface area contributed by atoms with Gasteiger partial charge in [0.05, 0.1) is 13.1 Å². The van der Waals surface area contributed by atoms with Gasteiger partial charge < -0.3 is 16.0 Å². The lowest BCUT2D eigenvalue weighted by atomic mass is 10.3. The Morgan fingerprint density at radius 2 is 2.12 bits per heavy atom. The van der Waals surface area contributed by atoms with Gasteiger partial charge in [-0.2, -0.15) is 11.3 Å². The Balaban J connectivity index is 0.00000288. The average Bonchev–Trinajstić information content (AvgIpc) is 3.03. The topological polar surface area (TPSA) is 65.5 Å². The van der Waals surface area contributed by atoms with Gasteiger partial charge >= 0.3 is 0 Å². The van der Waals surface area contributed by atoms with Gasteiger partial charge in [-0.1, -0.05) is 6.07 Å². The molecule has 0 aliphatic carbocycles. The fourth-order valence-electron chi connectivity index (χ4n) is 1.83. The van der Waals surface area contributed by atoms with Crippen LogP contribution in [-0.2, 0) is 11.3 Å². The Kier molecular flexibility index (Phi) is 9.31. The summed E-state index contributed by atoms with van der Waals surface area (Å²) in [6, 6.07) is 7.79. The second kappa shape index (κ2) is 11.0. The molecule has 2 rings (SSSR count). The van der Waals surface area contributed by atoms with E-state index in [1.165, 1.54) is 12.1 Å². The van der Waals surface area contributed by atoms with E-state index in [0.717, 1.165) is 5.56 Å². The first-order chi connectivity index (χ1) is 11.2. The van der Waals surface area contributed by atoms with Crippen LogP contribution < -0.4 is 16.0 Å². The van der Waals surface area contributed by atoms with E-state index >= 15 is 0 Å². The van der Waals surface area contributed by atoms with E-state index in [1.54, 1.807) is 23.5 Å². The van der Waals surface area contributed by atoms with Crippen LogP contribution in [0.3, 0.4) is 0 Å². The minimum atomic E-state index is -0.388. The standard InChI is InChI=1S/C16H19FN4OS.HI/c1-2-18-16(19-9-12-6-7-23-11-12)20-10-15(22)21-14-5-3-4-13(17)8-14;/h3-8,11H,2,9-10H2,1H3,(H,21,22)(H2,18,19,20);1H. The number of anilines is 1. The SMILES string of the molecule is CCNC(=NCc1ccsc1)NCC(=O)Nc1cccc(F)c1.I. The minimum absolute atomic E-state index is 0. The highest BCUT2D eigenvalue weighted by atomic mass is 127. The molecular formula is C16H20FIN4OS. The summed E-state index contributed by atoms with van der Waals surface area (Å²) in [6.07, 6.45) is 0. The third-order valence-corrected chi connectivity index (χ3v) is 3.60. The van der Waals surface area contributed by atoms with Crippen molar-refractivity contribution in [1.29, 1.82) is 0 Å². The molecule has 0 bridgehead atoms. The van der Waals surface area contributed by atoms with Crippen molar-refractivity contribution in [1.82, 2.24) is 10.6 Å². The number of carbonyl (C=O) groups excluding carboxylic acids is 1. The van der Waals surface area contributed by atoms with Crippen molar-refractivity contribution >= 4 is 52.9 Å². The molecule has 1 aromatic heterocycles. The second-order valence-electron chi connectivity index (χ2n) is 4.74. The first-order valence-electron chi connectivity index (χ1n) is 7.26. The van der Waals surface area contributed by atoms with Crippen molar-refractivity contribution in [3.8, 4) is 0 Å². The van der Waals surface area contributed by atoms with Crippen molar-refractivity contribution in [2.75, 3.05) is 18.4 Å². The Labute approximate surface area is 161 Å². The first-order valence-corrected chi connectivity index (χ1v) is 8.20. The van der Waals surface area contributed by atoms with E-state index in [9.17, 15) is 9.18 Å². The number of thiophene rings is 1. The van der Waals surface area contributed by atoms with Crippen molar-refractivity contribution in [2.45, 2.75) is 13.5 Å². The van der Waals surface area contributed by atoms with Crippen molar-refractivity contribution in [3.63, 3.8) is 0 Å². The van der Waals surface area contributed by atoms with Gasteiger partial charge in [0.15, 0.2) is 5.96 Å². The Bertz CT molecular complexity index is 664. The molecule has 8 heteroatoms. The largest absolute Gasteiger partial charge is 0.357 e. The van der Waals surface area contributed by atoms with E-state index < -0.39 is 0 Å². The lowest BCUT2D eigenvalue weighted by Crippen LogP contribution is -2.41. The smallest absolute Gasteiger partial charge is 0.243 e. The summed E-state index contributed by atoms with van der Waals surface area (Å²) in [5.41, 5.74) is 1.55. The molecule has 0 atom stereocenters. The van der Waals surface area contributed by atoms with E-state index in [4.69, 9.17) is 0 Å². The summed E-state index contributed by atoms with van der Waals surface area (Å²) < 4.78 is 13.1. The van der Waals surface area contributed by atoms with Gasteiger partial charge in [-0.05, 0) is 47.5 Å². The molecule has 0 saturated carbocycles. The number of guanidine groups is 1. The maximum atomic E-state index is 13.1. The van der Waals surface area contributed by atoms with Gasteiger partial charge in [0.2, 0.25) is 5.91 Å². The molecule has 0 radical (unpaired) electrons. The van der Waals surface area contributed by atoms with Gasteiger partial charge in [-0.15, -0.1) is 24.0 Å². The van der Waals surface area contributed by atoms with Crippen LogP contribution in [0.5, 0.6) is 0 Å². The van der Waals surface area contributed by atoms with Gasteiger partial charge in [0.1, 0.15) is 5.82 Å². The van der Waals surface area contributed by atoms with Crippen LogP contribution in [0, 0.1) is 5.82 Å². The van der Waals surface area contributed by atoms with E-state index in [0.29, 0.717) is 24.7 Å². The fourth-order valence-corrected chi connectivity index (χ4v) is 2.49. The molecule has 0 spiro atoms. The third kappa shape index (κ3) is 7.26. The van der Waals surface area contributed by atoms with Crippen LogP contribution in [0.1, 0.15) is 12.5 Å². The number of benzene rings is 1. The number of amides is 1. The lowest BCUT2D eigenvalue weighted by Gasteiger charge is -2.11. The normalized spacial score (nSPS) is 10.7. The third-order valence-electron chi connectivity index (χ3n) is 2.87. The minimum Gasteiger partial charge on any atom is -0.357 e. The molecule has 3 N–H and O–H groups in total. The highest BCUT2D eigenvalue weighted by Crippen LogP contribution is 2.08. The zero-order chi connectivity index (χ0) is 16.5. The second-order valence-corrected chi connectivity index (χ2v) is 5.52. The van der Waals surface area contributed by atoms with Crippen molar-refractivity contribution in [2.24, 2.45) is 4.99 Å². The van der Waals surface area contributed by atoms with Crippen LogP contribution >= 0.6 is 35.3 Å². The quantitative estimate of drug-likeness (QED) is 0.351. The van der Waals surface area contributed by atoms with Gasteiger partial charge in [-0.3, -0.25) is 4.79 Å². The van der Waals surface area contributed by atoms with Crippen LogP contribution in [0.4, 0.5) is 10.1 Å². The van der Waals surface area contributed by atoms with Crippen LogP contribution in [0.2, 0.25) is 0 Å². The molecule has 130 valence electrons. The maximum Gasteiger partial charge on any atom is 0.243 e. The molecule has 5 nitrogen and oxygen atoms in total. The molecule has 0 unspecified atom stereocenters. The average molecular weight is 462 g/mol. The molecule has 0 saturated heterocycles. The zero-order valence-corrected chi connectivity index (χ0v) is 16.4. The molecule has 24 heavy (non-hydrogen) atoms. The number of hydrogen-bond donors (Lipinski definition) is 3. The summed E-state index contributed by atoms with van der Waals surface area (Å²) >= 11 is 1.62. The van der Waals surface area contributed by atoms with Crippen LogP contribution in [-0.4, -0.2) is 25.0 Å². The zero-order valence-electron chi connectivity index (χ0n) is 13.2. The number of rotatable bonds is 6. The molecular weight excluding hydrogens is 442 g/mol. The van der Waals surface area contributed by atoms with Crippen LogP contribution in [0.25, 0.3) is 0 Å². The number of nitrogens with one attached hydrogen (secondary N) is 3. The summed E-state index contributed by atoms with van der Waals surface area (Å²) in [5.74, 6) is -0.0914. The molecule has 2 aromatic rings. The molecule has 0 aliphatic rings.